The van der Waals surface area contributed by atoms with Crippen molar-refractivity contribution in [2.45, 2.75) is 19.5 Å². The highest BCUT2D eigenvalue weighted by atomic mass is 32.1. The van der Waals surface area contributed by atoms with Gasteiger partial charge in [0.05, 0.1) is 36.6 Å². The van der Waals surface area contributed by atoms with Gasteiger partial charge in [-0.25, -0.2) is 9.78 Å². The van der Waals surface area contributed by atoms with Gasteiger partial charge in [0, 0.05) is 30.2 Å². The van der Waals surface area contributed by atoms with Gasteiger partial charge in [0.15, 0.2) is 0 Å². The summed E-state index contributed by atoms with van der Waals surface area (Å²) >= 11 is 1.53. The van der Waals surface area contributed by atoms with Crippen molar-refractivity contribution >= 4 is 23.1 Å². The van der Waals surface area contributed by atoms with Crippen molar-refractivity contribution in [3.8, 4) is 27.0 Å². The minimum absolute atomic E-state index is 0.263. The number of methoxy groups -OCH3 is 1. The van der Waals surface area contributed by atoms with Crippen LogP contribution in [0.3, 0.4) is 0 Å². The van der Waals surface area contributed by atoms with Crippen molar-refractivity contribution in [3.05, 3.63) is 48.2 Å². The molecule has 0 saturated carbocycles. The number of hydrogen-bond acceptors (Lipinski definition) is 7. The summed E-state index contributed by atoms with van der Waals surface area (Å²) in [5.41, 5.74) is 8.96. The minimum atomic E-state index is -0.624. The summed E-state index contributed by atoms with van der Waals surface area (Å²) in [6.07, 6.45) is 1.62. The molecule has 162 valence electrons. The third-order valence-electron chi connectivity index (χ3n) is 5.17. The van der Waals surface area contributed by atoms with Crippen molar-refractivity contribution in [1.29, 1.82) is 0 Å². The Hall–Kier alpha value is -3.01. The smallest absolute Gasteiger partial charge is 0.316 e. The van der Waals surface area contributed by atoms with Gasteiger partial charge in [-0.3, -0.25) is 4.90 Å². The molecule has 0 radical (unpaired) electrons. The van der Waals surface area contributed by atoms with Crippen LogP contribution < -0.4 is 15.8 Å². The highest BCUT2D eigenvalue weighted by Gasteiger charge is 2.19. The lowest BCUT2D eigenvalue weighted by molar-refractivity contribution is -0.00436. The summed E-state index contributed by atoms with van der Waals surface area (Å²) in [4.78, 5) is 24.2. The average molecular weight is 440 g/mol. The molecule has 0 bridgehead atoms. The maximum Gasteiger partial charge on any atom is 0.316 e. The number of carbonyl (C=O) groups excluding carboxylic acids is 1. The molecular weight excluding hydrogens is 414 g/mol. The first kappa shape index (κ1) is 21.2. The Morgan fingerprint density at radius 3 is 2.87 bits per heavy atom. The van der Waals surface area contributed by atoms with E-state index in [1.807, 2.05) is 6.07 Å². The summed E-state index contributed by atoms with van der Waals surface area (Å²) in [6, 6.07) is 12.2. The molecule has 1 aromatic carbocycles. The largest absolute Gasteiger partial charge is 0.467 e. The van der Waals surface area contributed by atoms with E-state index in [0.29, 0.717) is 17.4 Å². The first-order valence-electron chi connectivity index (χ1n) is 10.0. The van der Waals surface area contributed by atoms with Gasteiger partial charge < -0.3 is 20.5 Å². The number of ether oxygens (including phenoxy) is 2. The Labute approximate surface area is 185 Å². The zero-order valence-corrected chi connectivity index (χ0v) is 18.3. The molecule has 1 aliphatic heterocycles. The molecule has 1 fully saturated rings. The second-order valence-electron chi connectivity index (χ2n) is 7.36. The summed E-state index contributed by atoms with van der Waals surface area (Å²) in [6.45, 7) is 5.59. The molecule has 3 heterocycles. The van der Waals surface area contributed by atoms with Crippen molar-refractivity contribution in [2.24, 2.45) is 5.73 Å². The second kappa shape index (κ2) is 9.42. The summed E-state index contributed by atoms with van der Waals surface area (Å²) in [5.74, 6) is 0. The van der Waals surface area contributed by atoms with Crippen LogP contribution >= 0.6 is 11.3 Å². The van der Waals surface area contributed by atoms with Crippen LogP contribution in [0.5, 0.6) is 6.01 Å². The van der Waals surface area contributed by atoms with E-state index >= 15 is 0 Å². The number of nitrogens with zero attached hydrogens (tertiary/aromatic N) is 3. The van der Waals surface area contributed by atoms with Crippen LogP contribution in [0.4, 0.5) is 10.5 Å². The number of aromatic nitrogens is 2. The molecule has 0 unspecified atom stereocenters. The van der Waals surface area contributed by atoms with E-state index in [0.717, 1.165) is 41.6 Å². The molecule has 0 aliphatic carbocycles. The van der Waals surface area contributed by atoms with Gasteiger partial charge in [-0.2, -0.15) is 4.98 Å². The summed E-state index contributed by atoms with van der Waals surface area (Å²) in [5, 5.41) is 2.70. The van der Waals surface area contributed by atoms with Crippen LogP contribution in [0.1, 0.15) is 12.5 Å². The predicted octanol–water partition coefficient (Wildman–Crippen LogP) is 3.59. The van der Waals surface area contributed by atoms with E-state index in [1.54, 1.807) is 12.3 Å². The summed E-state index contributed by atoms with van der Waals surface area (Å²) in [7, 11) is 1.51. The number of amides is 2. The highest BCUT2D eigenvalue weighted by molar-refractivity contribution is 7.19. The number of nitrogens with one attached hydrogen (secondary N) is 1. The highest BCUT2D eigenvalue weighted by Crippen LogP contribution is 2.41. The van der Waals surface area contributed by atoms with E-state index in [9.17, 15) is 4.79 Å². The molecule has 4 rings (SSSR count). The number of nitrogens with two attached hydrogens (primary N) is 1. The first-order chi connectivity index (χ1) is 15.0. The van der Waals surface area contributed by atoms with Gasteiger partial charge in [0.1, 0.15) is 0 Å². The van der Waals surface area contributed by atoms with Gasteiger partial charge in [0.2, 0.25) is 0 Å². The van der Waals surface area contributed by atoms with Crippen LogP contribution in [0.2, 0.25) is 0 Å². The van der Waals surface area contributed by atoms with Crippen molar-refractivity contribution in [1.82, 2.24) is 14.9 Å². The van der Waals surface area contributed by atoms with Gasteiger partial charge in [-0.1, -0.05) is 24.3 Å². The number of urea groups is 1. The van der Waals surface area contributed by atoms with Crippen molar-refractivity contribution < 1.29 is 14.3 Å². The SMILES string of the molecule is COc1nccc(-c2sc(-c3ccc(CN4CCOC[C@@H]4C)cc3)cc2NC(N)=O)n1. The fraction of sp³-hybridized carbons (Fsp3) is 0.318. The Kier molecular flexibility index (Phi) is 6.45. The number of benzene rings is 1. The lowest BCUT2D eigenvalue weighted by atomic mass is 10.1. The Morgan fingerprint density at radius 1 is 1.35 bits per heavy atom. The molecule has 2 aromatic heterocycles. The molecule has 8 nitrogen and oxygen atoms in total. The lowest BCUT2D eigenvalue weighted by Crippen LogP contribution is -2.42. The maximum atomic E-state index is 11.5. The molecule has 0 spiro atoms. The van der Waals surface area contributed by atoms with Crippen LogP contribution in [0, 0.1) is 0 Å². The van der Waals surface area contributed by atoms with E-state index in [-0.39, 0.29) is 6.01 Å². The normalized spacial score (nSPS) is 16.8. The lowest BCUT2D eigenvalue weighted by Gasteiger charge is -2.33. The standard InChI is InChI=1S/C22H25N5O3S/c1-14-13-30-10-9-27(14)12-15-3-5-16(6-4-15)19-11-18(25-21(23)28)20(31-19)17-7-8-24-22(26-17)29-2/h3-8,11,14H,9-10,12-13H2,1-2H3,(H3,23,25,28)/t14-/m0/s1. The Bertz CT molecular complexity index is 1050. The molecule has 3 aromatic rings. The first-order valence-corrected chi connectivity index (χ1v) is 10.8. The molecule has 1 aliphatic rings. The molecule has 1 atom stereocenters. The minimum Gasteiger partial charge on any atom is -0.467 e. The number of thiophene rings is 1. The van der Waals surface area contributed by atoms with Crippen LogP contribution in [-0.4, -0.2) is 53.8 Å². The fourth-order valence-corrected chi connectivity index (χ4v) is 4.61. The van der Waals surface area contributed by atoms with Crippen molar-refractivity contribution in [3.63, 3.8) is 0 Å². The third-order valence-corrected chi connectivity index (χ3v) is 6.37. The van der Waals surface area contributed by atoms with Crippen LogP contribution in [0.25, 0.3) is 21.0 Å². The van der Waals surface area contributed by atoms with E-state index in [1.165, 1.54) is 24.0 Å². The number of anilines is 1. The number of hydrogen-bond donors (Lipinski definition) is 2. The van der Waals surface area contributed by atoms with E-state index in [2.05, 4.69) is 51.4 Å². The zero-order valence-electron chi connectivity index (χ0n) is 17.5. The van der Waals surface area contributed by atoms with Crippen LogP contribution in [-0.2, 0) is 11.3 Å². The number of primary amides is 1. The molecule has 3 N–H and O–H groups in total. The van der Waals surface area contributed by atoms with Gasteiger partial charge in [-0.05, 0) is 30.2 Å². The monoisotopic (exact) mass is 439 g/mol. The zero-order chi connectivity index (χ0) is 21.8. The Balaban J connectivity index is 1.60. The third kappa shape index (κ3) is 5.01. The van der Waals surface area contributed by atoms with Gasteiger partial charge in [-0.15, -0.1) is 11.3 Å². The molecular formula is C22H25N5O3S. The average Bonchev–Trinajstić information content (AvgIpc) is 3.19. The van der Waals surface area contributed by atoms with Gasteiger partial charge in [0.25, 0.3) is 0 Å². The maximum absolute atomic E-state index is 11.5. The molecule has 9 heteroatoms. The number of morpholine rings is 1. The molecule has 2 amide bonds. The summed E-state index contributed by atoms with van der Waals surface area (Å²) < 4.78 is 10.7. The van der Waals surface area contributed by atoms with Crippen molar-refractivity contribution in [2.75, 3.05) is 32.2 Å². The topological polar surface area (TPSA) is 103 Å². The fourth-order valence-electron chi connectivity index (χ4n) is 3.52. The molecule has 1 saturated heterocycles. The quantitative estimate of drug-likeness (QED) is 0.608. The Morgan fingerprint density at radius 2 is 2.16 bits per heavy atom. The van der Waals surface area contributed by atoms with E-state index in [4.69, 9.17) is 15.2 Å². The van der Waals surface area contributed by atoms with E-state index < -0.39 is 6.03 Å². The van der Waals surface area contributed by atoms with Crippen LogP contribution in [0.15, 0.2) is 42.6 Å². The molecule has 31 heavy (non-hydrogen) atoms. The number of carbonyl (C=O) groups is 1. The number of rotatable bonds is 6. The second-order valence-corrected chi connectivity index (χ2v) is 8.41. The van der Waals surface area contributed by atoms with Gasteiger partial charge >= 0.3 is 12.0 Å². The predicted molar refractivity (Wildman–Crippen MR) is 121 cm³/mol.